The van der Waals surface area contributed by atoms with Crippen LogP contribution in [0.25, 0.3) is 0 Å². The van der Waals surface area contributed by atoms with Crippen molar-refractivity contribution in [1.29, 1.82) is 0 Å². The maximum atomic E-state index is 11.9. The number of Topliss-reactive ketones (excluding diaryl/α,β-unsaturated/α-hetero) is 1. The van der Waals surface area contributed by atoms with E-state index in [0.717, 1.165) is 11.3 Å². The van der Waals surface area contributed by atoms with E-state index in [1.807, 2.05) is 12.1 Å². The van der Waals surface area contributed by atoms with Gasteiger partial charge in [0.1, 0.15) is 0 Å². The topological polar surface area (TPSA) is 30.0 Å². The van der Waals surface area contributed by atoms with Crippen LogP contribution in [0.1, 0.15) is 56.1 Å². The third-order valence-electron chi connectivity index (χ3n) is 3.02. The summed E-state index contributed by atoms with van der Waals surface area (Å²) in [5.41, 5.74) is 1.83. The van der Waals surface area contributed by atoms with Crippen molar-refractivity contribution in [3.8, 4) is 0 Å². The minimum absolute atomic E-state index is 0.00979. The van der Waals surface area contributed by atoms with Crippen LogP contribution < -0.4 is 0 Å². The third kappa shape index (κ3) is 2.69. The van der Waals surface area contributed by atoms with Crippen molar-refractivity contribution in [2.75, 3.05) is 0 Å². The molecule has 86 valence electrons. The second kappa shape index (κ2) is 4.00. The molecule has 0 saturated heterocycles. The van der Waals surface area contributed by atoms with E-state index in [2.05, 4.69) is 25.8 Å². The van der Waals surface area contributed by atoms with Gasteiger partial charge in [-0.05, 0) is 30.9 Å². The van der Waals surface area contributed by atoms with Gasteiger partial charge in [-0.25, -0.2) is 0 Å². The van der Waals surface area contributed by atoms with Crippen LogP contribution in [-0.4, -0.2) is 10.8 Å². The second-order valence-corrected chi connectivity index (χ2v) is 5.75. The van der Waals surface area contributed by atoms with Gasteiger partial charge in [0.05, 0.1) is 0 Å². The zero-order valence-corrected chi connectivity index (χ0v) is 10.3. The predicted octanol–water partition coefficient (Wildman–Crippen LogP) is 3.36. The molecule has 2 heteroatoms. The molecule has 2 nitrogen and oxygen atoms in total. The van der Waals surface area contributed by atoms with E-state index in [1.165, 1.54) is 12.8 Å². The summed E-state index contributed by atoms with van der Waals surface area (Å²) in [5.74, 6) is 0.925. The number of carbonyl (C=O) groups is 1. The van der Waals surface area contributed by atoms with E-state index in [-0.39, 0.29) is 11.2 Å². The Bertz CT molecular complexity index is 399. The van der Waals surface area contributed by atoms with Gasteiger partial charge in [0.25, 0.3) is 0 Å². The average Bonchev–Trinajstić information content (AvgIpc) is 3.00. The Morgan fingerprint density at radius 2 is 2.12 bits per heavy atom. The van der Waals surface area contributed by atoms with Crippen molar-refractivity contribution < 1.29 is 4.79 Å². The molecule has 0 radical (unpaired) electrons. The molecule has 0 N–H and O–H groups in total. The number of nitrogens with zero attached hydrogens (tertiary/aromatic N) is 1. The van der Waals surface area contributed by atoms with Crippen LogP contribution in [0.2, 0.25) is 0 Å². The number of ketones is 1. The van der Waals surface area contributed by atoms with E-state index in [4.69, 9.17) is 0 Å². The van der Waals surface area contributed by atoms with Crippen molar-refractivity contribution in [3.05, 3.63) is 29.6 Å². The maximum Gasteiger partial charge on any atom is 0.163 e. The molecule has 0 bridgehead atoms. The summed E-state index contributed by atoms with van der Waals surface area (Å²) in [6.07, 6.45) is 4.92. The van der Waals surface area contributed by atoms with E-state index in [1.54, 1.807) is 6.20 Å². The number of aromatic nitrogens is 1. The summed E-state index contributed by atoms with van der Waals surface area (Å²) in [4.78, 5) is 16.3. The predicted molar refractivity (Wildman–Crippen MR) is 64.6 cm³/mol. The summed E-state index contributed by atoms with van der Waals surface area (Å²) >= 11 is 0. The average molecular weight is 217 g/mol. The quantitative estimate of drug-likeness (QED) is 0.727. The number of carbonyl (C=O) groups excluding carboxylic acids is 1. The molecule has 0 aliphatic heterocycles. The highest BCUT2D eigenvalue weighted by Crippen LogP contribution is 2.33. The van der Waals surface area contributed by atoms with Gasteiger partial charge < -0.3 is 0 Å². The zero-order valence-electron chi connectivity index (χ0n) is 10.3. The van der Waals surface area contributed by atoms with E-state index >= 15 is 0 Å². The summed E-state index contributed by atoms with van der Waals surface area (Å²) in [7, 11) is 0. The van der Waals surface area contributed by atoms with Gasteiger partial charge >= 0.3 is 0 Å². The van der Waals surface area contributed by atoms with Crippen molar-refractivity contribution >= 4 is 5.78 Å². The monoisotopic (exact) mass is 217 g/mol. The lowest BCUT2D eigenvalue weighted by Crippen LogP contribution is -2.14. The number of rotatable bonds is 3. The van der Waals surface area contributed by atoms with Crippen molar-refractivity contribution in [3.63, 3.8) is 0 Å². The van der Waals surface area contributed by atoms with Crippen LogP contribution in [-0.2, 0) is 5.41 Å². The fourth-order valence-electron chi connectivity index (χ4n) is 1.72. The van der Waals surface area contributed by atoms with Gasteiger partial charge in [0, 0.05) is 29.3 Å². The molecule has 1 aliphatic rings. The summed E-state index contributed by atoms with van der Waals surface area (Å²) in [6, 6.07) is 3.78. The standard InChI is InChI=1S/C14H19NO/c1-14(2,3)13-9-11(6-7-15-13)12(16)8-10-4-5-10/h6-7,9-10H,4-5,8H2,1-3H3. The highest BCUT2D eigenvalue weighted by molar-refractivity contribution is 5.96. The molecule has 1 aliphatic carbocycles. The lowest BCUT2D eigenvalue weighted by molar-refractivity contribution is 0.0976. The summed E-state index contributed by atoms with van der Waals surface area (Å²) in [5, 5.41) is 0. The minimum atomic E-state index is 0.00979. The van der Waals surface area contributed by atoms with Crippen LogP contribution in [0.4, 0.5) is 0 Å². The fourth-order valence-corrected chi connectivity index (χ4v) is 1.72. The Balaban J connectivity index is 2.17. The van der Waals surface area contributed by atoms with Crippen molar-refractivity contribution in [2.24, 2.45) is 5.92 Å². The van der Waals surface area contributed by atoms with Gasteiger partial charge in [-0.1, -0.05) is 20.8 Å². The Morgan fingerprint density at radius 1 is 1.44 bits per heavy atom. The van der Waals surface area contributed by atoms with Gasteiger partial charge in [0.2, 0.25) is 0 Å². The molecule has 2 rings (SSSR count). The van der Waals surface area contributed by atoms with E-state index in [0.29, 0.717) is 12.3 Å². The van der Waals surface area contributed by atoms with Gasteiger partial charge in [-0.3, -0.25) is 9.78 Å². The molecule has 0 spiro atoms. The molecule has 0 amide bonds. The molecular weight excluding hydrogens is 198 g/mol. The Labute approximate surface area is 97.1 Å². The first kappa shape index (κ1) is 11.3. The smallest absolute Gasteiger partial charge is 0.163 e. The Kier molecular flexibility index (Phi) is 2.83. The van der Waals surface area contributed by atoms with Crippen LogP contribution in [0.3, 0.4) is 0 Å². The van der Waals surface area contributed by atoms with Crippen molar-refractivity contribution in [1.82, 2.24) is 4.98 Å². The highest BCUT2D eigenvalue weighted by Gasteiger charge is 2.25. The normalized spacial score (nSPS) is 16.2. The molecular formula is C14H19NO. The minimum Gasteiger partial charge on any atom is -0.294 e. The van der Waals surface area contributed by atoms with Crippen LogP contribution in [0, 0.1) is 5.92 Å². The largest absolute Gasteiger partial charge is 0.294 e. The van der Waals surface area contributed by atoms with Gasteiger partial charge in [-0.15, -0.1) is 0 Å². The van der Waals surface area contributed by atoms with Crippen LogP contribution in [0.15, 0.2) is 18.3 Å². The summed E-state index contributed by atoms with van der Waals surface area (Å²) < 4.78 is 0. The first-order valence-corrected chi connectivity index (χ1v) is 5.96. The molecule has 1 aromatic rings. The second-order valence-electron chi connectivity index (χ2n) is 5.75. The molecule has 0 atom stereocenters. The molecule has 1 aromatic heterocycles. The summed E-state index contributed by atoms with van der Waals surface area (Å²) in [6.45, 7) is 6.35. The van der Waals surface area contributed by atoms with Gasteiger partial charge in [0.15, 0.2) is 5.78 Å². The van der Waals surface area contributed by atoms with Crippen LogP contribution in [0.5, 0.6) is 0 Å². The van der Waals surface area contributed by atoms with Crippen molar-refractivity contribution in [2.45, 2.75) is 45.4 Å². The number of hydrogen-bond donors (Lipinski definition) is 0. The molecule has 0 unspecified atom stereocenters. The number of pyridine rings is 1. The Hall–Kier alpha value is -1.18. The number of hydrogen-bond acceptors (Lipinski definition) is 2. The molecule has 1 heterocycles. The maximum absolute atomic E-state index is 11.9. The zero-order chi connectivity index (χ0) is 11.8. The first-order valence-electron chi connectivity index (χ1n) is 5.96. The molecule has 1 fully saturated rings. The molecule has 1 saturated carbocycles. The van der Waals surface area contributed by atoms with E-state index < -0.39 is 0 Å². The van der Waals surface area contributed by atoms with Crippen LogP contribution >= 0.6 is 0 Å². The Morgan fingerprint density at radius 3 is 2.69 bits per heavy atom. The molecule has 0 aromatic carbocycles. The van der Waals surface area contributed by atoms with E-state index in [9.17, 15) is 4.79 Å². The lowest BCUT2D eigenvalue weighted by Gasteiger charge is -2.17. The first-order chi connectivity index (χ1) is 7.47. The van der Waals surface area contributed by atoms with Gasteiger partial charge in [-0.2, -0.15) is 0 Å². The lowest BCUT2D eigenvalue weighted by atomic mass is 9.90. The third-order valence-corrected chi connectivity index (χ3v) is 3.02. The SMILES string of the molecule is CC(C)(C)c1cc(C(=O)CC2CC2)ccn1. The molecule has 16 heavy (non-hydrogen) atoms. The highest BCUT2D eigenvalue weighted by atomic mass is 16.1. The fraction of sp³-hybridized carbons (Fsp3) is 0.571.